The zero-order chi connectivity index (χ0) is 12.2. The Balaban J connectivity index is 2.28. The molecule has 0 radical (unpaired) electrons. The van der Waals surface area contributed by atoms with Gasteiger partial charge in [0.05, 0.1) is 5.75 Å². The van der Waals surface area contributed by atoms with Gasteiger partial charge in [0.25, 0.3) is 0 Å². The molecule has 0 amide bonds. The van der Waals surface area contributed by atoms with Crippen molar-refractivity contribution in [2.24, 2.45) is 0 Å². The maximum Gasteiger partial charge on any atom is 0.148 e. The third-order valence-electron chi connectivity index (χ3n) is 2.86. The Morgan fingerprint density at radius 2 is 2.12 bits per heavy atom. The largest absolute Gasteiger partial charge is 0.310 e. The molecule has 0 heterocycles. The smallest absolute Gasteiger partial charge is 0.148 e. The monoisotopic (exact) mass is 265 g/mol. The third kappa shape index (κ3) is 5.55. The highest BCUT2D eigenvalue weighted by Crippen LogP contribution is 2.29. The number of thioether (sulfide) groups is 1. The van der Waals surface area contributed by atoms with Crippen LogP contribution < -0.4 is 5.32 Å². The first-order valence-corrected chi connectivity index (χ1v) is 9.07. The van der Waals surface area contributed by atoms with Gasteiger partial charge >= 0.3 is 0 Å². The van der Waals surface area contributed by atoms with Gasteiger partial charge in [-0.3, -0.25) is 0 Å². The molecule has 0 aromatic rings. The second kappa shape index (κ2) is 6.26. The number of rotatable bonds is 6. The Morgan fingerprint density at radius 1 is 1.44 bits per heavy atom. The predicted molar refractivity (Wildman–Crippen MR) is 71.9 cm³/mol. The summed E-state index contributed by atoms with van der Waals surface area (Å²) in [7, 11) is -2.86. The first-order valence-electron chi connectivity index (χ1n) is 5.96. The van der Waals surface area contributed by atoms with Gasteiger partial charge in [-0.2, -0.15) is 11.8 Å². The van der Waals surface area contributed by atoms with Crippen LogP contribution in [-0.2, 0) is 9.84 Å². The van der Waals surface area contributed by atoms with Gasteiger partial charge in [0.1, 0.15) is 9.84 Å². The van der Waals surface area contributed by atoms with Crippen molar-refractivity contribution in [2.45, 2.75) is 50.4 Å². The Hall–Kier alpha value is 0.260. The lowest BCUT2D eigenvalue weighted by molar-refractivity contribution is 0.469. The van der Waals surface area contributed by atoms with E-state index in [1.807, 2.05) is 18.7 Å². The summed E-state index contributed by atoms with van der Waals surface area (Å²) in [5, 5.41) is 4.20. The van der Waals surface area contributed by atoms with Crippen molar-refractivity contribution in [1.29, 1.82) is 0 Å². The van der Waals surface area contributed by atoms with E-state index in [0.29, 0.717) is 6.04 Å². The van der Waals surface area contributed by atoms with Gasteiger partial charge in [0.2, 0.25) is 0 Å². The van der Waals surface area contributed by atoms with Crippen molar-refractivity contribution < 1.29 is 8.42 Å². The number of hydrogen-bond acceptors (Lipinski definition) is 4. The average Bonchev–Trinajstić information content (AvgIpc) is 2.49. The van der Waals surface area contributed by atoms with E-state index in [9.17, 15) is 8.42 Å². The summed E-state index contributed by atoms with van der Waals surface area (Å²) in [6.07, 6.45) is 4.94. The van der Waals surface area contributed by atoms with E-state index in [1.54, 1.807) is 0 Å². The quantitative estimate of drug-likeness (QED) is 0.794. The molecule has 3 atom stereocenters. The number of nitrogens with one attached hydrogen (secondary N) is 1. The van der Waals surface area contributed by atoms with Crippen molar-refractivity contribution in [2.75, 3.05) is 17.8 Å². The zero-order valence-electron chi connectivity index (χ0n) is 10.4. The summed E-state index contributed by atoms with van der Waals surface area (Å²) >= 11 is 2.02. The molecule has 0 aromatic carbocycles. The Morgan fingerprint density at radius 3 is 2.69 bits per heavy atom. The van der Waals surface area contributed by atoms with Crippen LogP contribution in [0.1, 0.15) is 33.1 Å². The van der Waals surface area contributed by atoms with E-state index in [-0.39, 0.29) is 11.8 Å². The second-order valence-electron chi connectivity index (χ2n) is 4.75. The van der Waals surface area contributed by atoms with Gasteiger partial charge < -0.3 is 5.32 Å². The van der Waals surface area contributed by atoms with Crippen LogP contribution in [0.15, 0.2) is 0 Å². The van der Waals surface area contributed by atoms with Gasteiger partial charge in [-0.15, -0.1) is 0 Å². The lowest BCUT2D eigenvalue weighted by atomic mass is 10.2. The molecule has 5 heteroatoms. The van der Waals surface area contributed by atoms with Crippen molar-refractivity contribution in [1.82, 2.24) is 5.32 Å². The SMILES string of the molecule is CCSC1CCC(NC(C)CS(C)(=O)=O)C1. The fourth-order valence-corrected chi connectivity index (χ4v) is 4.53. The minimum atomic E-state index is -2.86. The van der Waals surface area contributed by atoms with E-state index in [0.717, 1.165) is 5.25 Å². The number of hydrogen-bond donors (Lipinski definition) is 1. The predicted octanol–water partition coefficient (Wildman–Crippen LogP) is 1.68. The molecule has 3 unspecified atom stereocenters. The van der Waals surface area contributed by atoms with Crippen LogP contribution in [0.3, 0.4) is 0 Å². The van der Waals surface area contributed by atoms with Gasteiger partial charge in [-0.1, -0.05) is 6.92 Å². The molecule has 1 aliphatic rings. The van der Waals surface area contributed by atoms with E-state index in [4.69, 9.17) is 0 Å². The van der Waals surface area contributed by atoms with Gasteiger partial charge in [-0.05, 0) is 31.9 Å². The fraction of sp³-hybridized carbons (Fsp3) is 1.00. The van der Waals surface area contributed by atoms with Crippen molar-refractivity contribution in [3.8, 4) is 0 Å². The van der Waals surface area contributed by atoms with E-state index < -0.39 is 9.84 Å². The van der Waals surface area contributed by atoms with Crippen LogP contribution in [0.4, 0.5) is 0 Å². The van der Waals surface area contributed by atoms with Gasteiger partial charge in [0, 0.05) is 23.6 Å². The van der Waals surface area contributed by atoms with Crippen molar-refractivity contribution in [3.05, 3.63) is 0 Å². The molecule has 1 aliphatic carbocycles. The molecule has 1 fully saturated rings. The summed E-state index contributed by atoms with van der Waals surface area (Å²) in [5.74, 6) is 1.42. The van der Waals surface area contributed by atoms with Crippen LogP contribution in [0.2, 0.25) is 0 Å². The van der Waals surface area contributed by atoms with Crippen LogP contribution >= 0.6 is 11.8 Å². The minimum Gasteiger partial charge on any atom is -0.310 e. The first kappa shape index (κ1) is 14.3. The van der Waals surface area contributed by atoms with E-state index >= 15 is 0 Å². The molecule has 3 nitrogen and oxygen atoms in total. The summed E-state index contributed by atoms with van der Waals surface area (Å²) in [6, 6.07) is 0.589. The highest BCUT2D eigenvalue weighted by molar-refractivity contribution is 7.99. The summed E-state index contributed by atoms with van der Waals surface area (Å²) in [4.78, 5) is 0. The zero-order valence-corrected chi connectivity index (χ0v) is 12.0. The van der Waals surface area contributed by atoms with Crippen LogP contribution in [0.5, 0.6) is 0 Å². The lowest BCUT2D eigenvalue weighted by Crippen LogP contribution is -2.39. The standard InChI is InChI=1S/C11H23NO2S2/c1-4-15-11-6-5-10(7-11)12-9(2)8-16(3,13)14/h9-12H,4-8H2,1-3H3. The normalized spacial score (nSPS) is 28.2. The van der Waals surface area contributed by atoms with Crippen molar-refractivity contribution in [3.63, 3.8) is 0 Å². The first-order chi connectivity index (χ1) is 7.40. The van der Waals surface area contributed by atoms with Crippen LogP contribution in [0.25, 0.3) is 0 Å². The van der Waals surface area contributed by atoms with E-state index in [2.05, 4.69) is 12.2 Å². The molecule has 0 aromatic heterocycles. The van der Waals surface area contributed by atoms with E-state index in [1.165, 1.54) is 31.3 Å². The third-order valence-corrected chi connectivity index (χ3v) is 5.20. The summed E-state index contributed by atoms with van der Waals surface area (Å²) < 4.78 is 22.3. The Kier molecular flexibility index (Phi) is 5.61. The topological polar surface area (TPSA) is 46.2 Å². The van der Waals surface area contributed by atoms with Gasteiger partial charge in [-0.25, -0.2) is 8.42 Å². The molecule has 1 N–H and O–H groups in total. The molecule has 0 saturated heterocycles. The Bertz CT molecular complexity index is 303. The lowest BCUT2D eigenvalue weighted by Gasteiger charge is -2.18. The average molecular weight is 265 g/mol. The maximum atomic E-state index is 11.1. The molecular weight excluding hydrogens is 242 g/mol. The van der Waals surface area contributed by atoms with Crippen LogP contribution in [-0.4, -0.2) is 43.5 Å². The maximum absolute atomic E-state index is 11.1. The molecular formula is C11H23NO2S2. The molecule has 96 valence electrons. The fourth-order valence-electron chi connectivity index (χ4n) is 2.38. The number of sulfone groups is 1. The highest BCUT2D eigenvalue weighted by atomic mass is 32.2. The summed E-state index contributed by atoms with van der Waals surface area (Å²) in [5.41, 5.74) is 0. The van der Waals surface area contributed by atoms with Gasteiger partial charge in [0.15, 0.2) is 0 Å². The molecule has 1 rings (SSSR count). The van der Waals surface area contributed by atoms with Crippen LogP contribution in [0, 0.1) is 0 Å². The second-order valence-corrected chi connectivity index (χ2v) is 8.51. The molecule has 0 bridgehead atoms. The molecule has 0 spiro atoms. The van der Waals surface area contributed by atoms with Crippen molar-refractivity contribution >= 4 is 21.6 Å². The Labute approximate surface area is 104 Å². The molecule has 16 heavy (non-hydrogen) atoms. The highest BCUT2D eigenvalue weighted by Gasteiger charge is 2.25. The summed E-state index contributed by atoms with van der Waals surface area (Å²) in [6.45, 7) is 4.15. The molecule has 0 aliphatic heterocycles. The molecule has 1 saturated carbocycles. The minimum absolute atomic E-state index is 0.0744.